The van der Waals surface area contributed by atoms with Crippen molar-refractivity contribution in [3.8, 4) is 11.5 Å². The Bertz CT molecular complexity index is 1780. The first-order valence-electron chi connectivity index (χ1n) is 14.9. The van der Waals surface area contributed by atoms with Gasteiger partial charge in [-0.25, -0.2) is 8.42 Å². The molecule has 1 N–H and O–H groups in total. The van der Waals surface area contributed by atoms with Gasteiger partial charge >= 0.3 is 0 Å². The van der Waals surface area contributed by atoms with E-state index < -0.39 is 34.4 Å². The van der Waals surface area contributed by atoms with Crippen molar-refractivity contribution in [3.63, 3.8) is 0 Å². The van der Waals surface area contributed by atoms with E-state index in [0.717, 1.165) is 15.4 Å². The van der Waals surface area contributed by atoms with Gasteiger partial charge in [0.15, 0.2) is 11.5 Å². The number of benzene rings is 4. The Labute approximate surface area is 286 Å². The van der Waals surface area contributed by atoms with Crippen LogP contribution >= 0.6 is 23.2 Å². The predicted molar refractivity (Wildman–Crippen MR) is 185 cm³/mol. The number of amides is 2. The molecule has 1 atom stereocenters. The maximum absolute atomic E-state index is 14.6. The van der Waals surface area contributed by atoms with Gasteiger partial charge in [-0.05, 0) is 55.8 Å². The van der Waals surface area contributed by atoms with Crippen LogP contribution in [0.3, 0.4) is 0 Å². The summed E-state index contributed by atoms with van der Waals surface area (Å²) in [5.41, 5.74) is 2.25. The molecule has 4 rings (SSSR count). The van der Waals surface area contributed by atoms with E-state index >= 15 is 0 Å². The van der Waals surface area contributed by atoms with E-state index in [1.807, 2.05) is 37.3 Å². The number of aryl methyl sites for hydroxylation is 1. The summed E-state index contributed by atoms with van der Waals surface area (Å²) in [5.74, 6) is -0.416. The van der Waals surface area contributed by atoms with Gasteiger partial charge in [-0.2, -0.15) is 0 Å². The minimum absolute atomic E-state index is 0.0176. The van der Waals surface area contributed by atoms with Crippen LogP contribution in [0.2, 0.25) is 10.0 Å². The van der Waals surface area contributed by atoms with Crippen molar-refractivity contribution < 1.29 is 27.5 Å². The number of nitrogens with one attached hydrogen (secondary N) is 1. The number of methoxy groups -OCH3 is 2. The zero-order valence-corrected chi connectivity index (χ0v) is 28.9. The molecule has 4 aromatic rings. The van der Waals surface area contributed by atoms with Crippen molar-refractivity contribution in [3.05, 3.63) is 118 Å². The molecule has 4 aromatic carbocycles. The fourth-order valence-electron chi connectivity index (χ4n) is 5.05. The topological polar surface area (TPSA) is 105 Å². The van der Waals surface area contributed by atoms with Gasteiger partial charge < -0.3 is 19.7 Å². The molecule has 0 aliphatic heterocycles. The Morgan fingerprint density at radius 1 is 0.851 bits per heavy atom. The highest BCUT2D eigenvalue weighted by atomic mass is 35.5. The summed E-state index contributed by atoms with van der Waals surface area (Å²) in [6, 6.07) is 24.1. The number of halogens is 2. The molecule has 0 heterocycles. The molecule has 0 aromatic heterocycles. The molecule has 0 fully saturated rings. The zero-order valence-electron chi connectivity index (χ0n) is 26.6. The van der Waals surface area contributed by atoms with Crippen LogP contribution in [0.15, 0.2) is 95.9 Å². The van der Waals surface area contributed by atoms with Gasteiger partial charge in [0.05, 0.1) is 24.8 Å². The van der Waals surface area contributed by atoms with E-state index in [9.17, 15) is 18.0 Å². The van der Waals surface area contributed by atoms with E-state index in [-0.39, 0.29) is 29.3 Å². The average molecular weight is 699 g/mol. The molecule has 248 valence electrons. The standard InChI is InChI=1S/C35H37Cl2N3O6S/c1-5-38-35(42)31(20-25-10-7-6-8-11-25)39(22-28-29(36)12-9-13-30(28)37)34(41)23-40(26-16-19-32(45-3)33(21-26)46-4)47(43,44)27-17-14-24(2)15-18-27/h6-19,21,31H,5,20,22-23H2,1-4H3,(H,38,42). The van der Waals surface area contributed by atoms with Crippen molar-refractivity contribution in [2.75, 3.05) is 31.6 Å². The molecule has 2 amide bonds. The largest absolute Gasteiger partial charge is 0.493 e. The van der Waals surface area contributed by atoms with Crippen molar-refractivity contribution in [2.24, 2.45) is 0 Å². The zero-order chi connectivity index (χ0) is 34.1. The summed E-state index contributed by atoms with van der Waals surface area (Å²) in [6.45, 7) is 3.13. The number of ether oxygens (including phenoxy) is 2. The van der Waals surface area contributed by atoms with Crippen molar-refractivity contribution in [1.29, 1.82) is 0 Å². The van der Waals surface area contributed by atoms with Crippen LogP contribution in [0.25, 0.3) is 0 Å². The van der Waals surface area contributed by atoms with Gasteiger partial charge in [0.1, 0.15) is 12.6 Å². The van der Waals surface area contributed by atoms with Gasteiger partial charge in [0.2, 0.25) is 11.8 Å². The van der Waals surface area contributed by atoms with E-state index in [2.05, 4.69) is 5.32 Å². The van der Waals surface area contributed by atoms with Crippen molar-refractivity contribution >= 4 is 50.7 Å². The number of hydrogen-bond donors (Lipinski definition) is 1. The van der Waals surface area contributed by atoms with Gasteiger partial charge in [-0.15, -0.1) is 0 Å². The fourth-order valence-corrected chi connectivity index (χ4v) is 6.97. The third-order valence-electron chi connectivity index (χ3n) is 7.56. The van der Waals surface area contributed by atoms with E-state index in [4.69, 9.17) is 32.7 Å². The van der Waals surface area contributed by atoms with Crippen molar-refractivity contribution in [1.82, 2.24) is 10.2 Å². The third kappa shape index (κ3) is 8.57. The monoisotopic (exact) mass is 697 g/mol. The molecule has 0 aliphatic rings. The van der Waals surface area contributed by atoms with Crippen LogP contribution in [0, 0.1) is 6.92 Å². The lowest BCUT2D eigenvalue weighted by Crippen LogP contribution is -2.53. The number of hydrogen-bond acceptors (Lipinski definition) is 6. The number of sulfonamides is 1. The van der Waals surface area contributed by atoms with Gasteiger partial charge in [-0.1, -0.05) is 77.3 Å². The van der Waals surface area contributed by atoms with E-state index in [1.165, 1.54) is 43.4 Å². The average Bonchev–Trinajstić information content (AvgIpc) is 3.06. The van der Waals surface area contributed by atoms with Gasteiger partial charge in [0, 0.05) is 41.2 Å². The number of likely N-dealkylation sites (N-methyl/N-ethyl adjacent to an activating group) is 1. The van der Waals surface area contributed by atoms with Gasteiger partial charge in [-0.3, -0.25) is 13.9 Å². The van der Waals surface area contributed by atoms with Crippen LogP contribution < -0.4 is 19.1 Å². The summed E-state index contributed by atoms with van der Waals surface area (Å²) in [4.78, 5) is 29.6. The second kappa shape index (κ2) is 16.0. The van der Waals surface area contributed by atoms with Crippen molar-refractivity contribution in [2.45, 2.75) is 37.8 Å². The second-order valence-electron chi connectivity index (χ2n) is 10.7. The first-order valence-corrected chi connectivity index (χ1v) is 17.0. The van der Waals surface area contributed by atoms with E-state index in [1.54, 1.807) is 43.3 Å². The Kier molecular flexibility index (Phi) is 12.1. The highest BCUT2D eigenvalue weighted by Crippen LogP contribution is 2.34. The molecule has 0 saturated carbocycles. The molecular formula is C35H37Cl2N3O6S. The van der Waals surface area contributed by atoms with Crippen LogP contribution in [-0.4, -0.2) is 58.5 Å². The van der Waals surface area contributed by atoms with Gasteiger partial charge in [0.25, 0.3) is 10.0 Å². The molecule has 0 bridgehead atoms. The molecular weight excluding hydrogens is 661 g/mol. The summed E-state index contributed by atoms with van der Waals surface area (Å²) in [5, 5.41) is 3.43. The Balaban J connectivity index is 1.87. The first kappa shape index (κ1) is 35.6. The molecule has 0 radical (unpaired) electrons. The summed E-state index contributed by atoms with van der Waals surface area (Å²) >= 11 is 13.1. The minimum Gasteiger partial charge on any atom is -0.493 e. The molecule has 9 nitrogen and oxygen atoms in total. The van der Waals surface area contributed by atoms with Crippen LogP contribution in [0.4, 0.5) is 5.69 Å². The quantitative estimate of drug-likeness (QED) is 0.166. The van der Waals surface area contributed by atoms with E-state index in [0.29, 0.717) is 27.9 Å². The van der Waals surface area contributed by atoms with Crippen LogP contribution in [0.5, 0.6) is 11.5 Å². The second-order valence-corrected chi connectivity index (χ2v) is 13.4. The summed E-state index contributed by atoms with van der Waals surface area (Å²) in [7, 11) is -1.41. The first-order chi connectivity index (χ1) is 22.5. The number of carbonyl (C=O) groups excluding carboxylic acids is 2. The highest BCUT2D eigenvalue weighted by Gasteiger charge is 2.35. The molecule has 1 unspecified atom stereocenters. The maximum atomic E-state index is 14.6. The smallest absolute Gasteiger partial charge is 0.264 e. The van der Waals surface area contributed by atoms with Crippen LogP contribution in [-0.2, 0) is 32.6 Å². The third-order valence-corrected chi connectivity index (χ3v) is 10.1. The predicted octanol–water partition coefficient (Wildman–Crippen LogP) is 6.29. The lowest BCUT2D eigenvalue weighted by molar-refractivity contribution is -0.140. The Hall–Kier alpha value is -4.25. The molecule has 0 aliphatic carbocycles. The Morgan fingerprint density at radius 3 is 2.09 bits per heavy atom. The minimum atomic E-state index is -4.31. The molecule has 47 heavy (non-hydrogen) atoms. The summed E-state index contributed by atoms with van der Waals surface area (Å²) in [6.07, 6.45) is 0.154. The Morgan fingerprint density at radius 2 is 1.49 bits per heavy atom. The number of rotatable bonds is 14. The number of anilines is 1. The normalized spacial score (nSPS) is 11.8. The highest BCUT2D eigenvalue weighted by molar-refractivity contribution is 7.92. The SMILES string of the molecule is CCNC(=O)C(Cc1ccccc1)N(Cc1c(Cl)cccc1Cl)C(=O)CN(c1ccc(OC)c(OC)c1)S(=O)(=O)c1ccc(C)cc1. The van der Waals surface area contributed by atoms with Crippen LogP contribution in [0.1, 0.15) is 23.6 Å². The lowest BCUT2D eigenvalue weighted by atomic mass is 10.0. The maximum Gasteiger partial charge on any atom is 0.264 e. The lowest BCUT2D eigenvalue weighted by Gasteiger charge is -2.34. The summed E-state index contributed by atoms with van der Waals surface area (Å²) < 4.78 is 40.4. The fraction of sp³-hybridized carbons (Fsp3) is 0.257. The number of carbonyl (C=O) groups is 2. The molecule has 0 spiro atoms. The number of nitrogens with zero attached hydrogens (tertiary/aromatic N) is 2. The molecule has 12 heteroatoms. The molecule has 0 saturated heterocycles.